The normalized spacial score (nSPS) is 14.0. The van der Waals surface area contributed by atoms with Crippen molar-refractivity contribution in [2.24, 2.45) is 0 Å². The van der Waals surface area contributed by atoms with Crippen LogP contribution in [-0.2, 0) is 27.9 Å². The zero-order chi connectivity index (χ0) is 52.2. The number of amides is 1. The summed E-state index contributed by atoms with van der Waals surface area (Å²) in [5, 5.41) is 3.03. The van der Waals surface area contributed by atoms with Crippen LogP contribution in [0.15, 0.2) is 36.5 Å². The van der Waals surface area contributed by atoms with Gasteiger partial charge in [0, 0.05) is 12.8 Å². The molecule has 0 aliphatic carbocycles. The molecular weight excluding hydrogens is 904 g/mol. The van der Waals surface area contributed by atoms with Gasteiger partial charge in [-0.3, -0.25) is 14.2 Å². The lowest BCUT2D eigenvalue weighted by Crippen LogP contribution is -2.47. The Labute approximate surface area is 440 Å². The molecule has 0 spiro atoms. The van der Waals surface area contributed by atoms with Crippen molar-refractivity contribution < 1.29 is 37.3 Å². The van der Waals surface area contributed by atoms with Gasteiger partial charge in [0.05, 0.1) is 33.8 Å². The van der Waals surface area contributed by atoms with E-state index < -0.39 is 20.0 Å². The van der Waals surface area contributed by atoms with Gasteiger partial charge in [0.25, 0.3) is 7.82 Å². The molecule has 0 aromatic heterocycles. The molecule has 0 aromatic carbocycles. The number of esters is 1. The Morgan fingerprint density at radius 1 is 0.507 bits per heavy atom. The van der Waals surface area contributed by atoms with Gasteiger partial charge in [0.2, 0.25) is 5.91 Å². The number of quaternary nitrogens is 1. The maximum Gasteiger partial charge on any atom is 0.306 e. The monoisotopic (exact) mass is 1020 g/mol. The minimum atomic E-state index is -4.69. The Morgan fingerprint density at radius 2 is 0.901 bits per heavy atom. The van der Waals surface area contributed by atoms with Gasteiger partial charge >= 0.3 is 5.97 Å². The molecule has 0 fully saturated rings. The molecule has 0 bridgehead atoms. The molecule has 0 heterocycles. The quantitative estimate of drug-likeness (QED) is 0.0212. The third kappa shape index (κ3) is 52.9. The van der Waals surface area contributed by atoms with Crippen LogP contribution in [0.4, 0.5) is 0 Å². The number of carbonyl (C=O) groups excluding carboxylic acids is 2. The number of carbonyl (C=O) groups is 2. The molecule has 3 atom stereocenters. The van der Waals surface area contributed by atoms with Gasteiger partial charge in [-0.1, -0.05) is 257 Å². The lowest BCUT2D eigenvalue weighted by atomic mass is 10.0. The maximum atomic E-state index is 13.5. The summed E-state index contributed by atoms with van der Waals surface area (Å²) in [7, 11) is 1.19. The first-order valence-electron chi connectivity index (χ1n) is 30.3. The van der Waals surface area contributed by atoms with E-state index >= 15 is 0 Å². The van der Waals surface area contributed by atoms with Crippen molar-refractivity contribution in [1.82, 2.24) is 5.32 Å². The van der Waals surface area contributed by atoms with Crippen LogP contribution in [0.3, 0.4) is 0 Å². The number of ether oxygens (including phenoxy) is 1. The molecule has 10 heteroatoms. The number of rotatable bonds is 55. The highest BCUT2D eigenvalue weighted by Gasteiger charge is 2.27. The molecule has 3 unspecified atom stereocenters. The molecule has 9 nitrogen and oxygen atoms in total. The minimum absolute atomic E-state index is 0.0214. The van der Waals surface area contributed by atoms with E-state index in [0.29, 0.717) is 17.4 Å². The first-order chi connectivity index (χ1) is 34.4. The average molecular weight is 1020 g/mol. The smallest absolute Gasteiger partial charge is 0.306 e. The number of hydrogen-bond donors (Lipinski definition) is 1. The molecule has 1 amide bonds. The molecule has 0 saturated carbocycles. The fraction of sp³-hybridized carbons (Fsp3) is 0.869. The Kier molecular flexibility index (Phi) is 50.4. The molecule has 0 radical (unpaired) electrons. The van der Waals surface area contributed by atoms with E-state index in [2.05, 4.69) is 50.4 Å². The largest absolute Gasteiger partial charge is 0.756 e. The second kappa shape index (κ2) is 51.7. The zero-order valence-corrected chi connectivity index (χ0v) is 48.6. The third-order valence-electron chi connectivity index (χ3n) is 13.6. The van der Waals surface area contributed by atoms with E-state index in [4.69, 9.17) is 13.8 Å². The van der Waals surface area contributed by atoms with Crippen molar-refractivity contribution >= 4 is 19.7 Å². The van der Waals surface area contributed by atoms with Crippen molar-refractivity contribution in [1.29, 1.82) is 0 Å². The molecule has 418 valence electrons. The van der Waals surface area contributed by atoms with Gasteiger partial charge in [-0.2, -0.15) is 0 Å². The van der Waals surface area contributed by atoms with Crippen LogP contribution in [0.5, 0.6) is 0 Å². The maximum absolute atomic E-state index is 13.5. The SMILES string of the molecule is CC/C=C/C/C=C/CCCCCCCCCC(=O)OC(/C=C/CCCCCCCCCCCC)C(COP(=O)([O-])OCC[N+](C)(C)C)NC(=O)CCCCCCCCCCCCCCCCCCCCC. The van der Waals surface area contributed by atoms with Crippen molar-refractivity contribution in [3.8, 4) is 0 Å². The topological polar surface area (TPSA) is 114 Å². The Balaban J connectivity index is 5.23. The van der Waals surface area contributed by atoms with Gasteiger partial charge in [0.15, 0.2) is 0 Å². The van der Waals surface area contributed by atoms with E-state index in [-0.39, 0.29) is 31.5 Å². The summed E-state index contributed by atoms with van der Waals surface area (Å²) in [6.07, 6.45) is 61.1. The first-order valence-corrected chi connectivity index (χ1v) is 31.8. The van der Waals surface area contributed by atoms with Crippen LogP contribution in [0.2, 0.25) is 0 Å². The highest BCUT2D eigenvalue weighted by molar-refractivity contribution is 7.45. The van der Waals surface area contributed by atoms with Gasteiger partial charge in [-0.05, 0) is 57.4 Å². The molecule has 1 N–H and O–H groups in total. The van der Waals surface area contributed by atoms with Crippen LogP contribution in [0.1, 0.15) is 290 Å². The van der Waals surface area contributed by atoms with Crippen LogP contribution < -0.4 is 10.2 Å². The number of allylic oxidation sites excluding steroid dienone is 5. The van der Waals surface area contributed by atoms with Crippen molar-refractivity contribution in [3.05, 3.63) is 36.5 Å². The van der Waals surface area contributed by atoms with Gasteiger partial charge < -0.3 is 28.5 Å². The van der Waals surface area contributed by atoms with Crippen molar-refractivity contribution in [2.75, 3.05) is 40.9 Å². The Morgan fingerprint density at radius 3 is 1.34 bits per heavy atom. The van der Waals surface area contributed by atoms with Crippen LogP contribution in [-0.4, -0.2) is 69.4 Å². The minimum Gasteiger partial charge on any atom is -0.756 e. The molecule has 0 aliphatic heterocycles. The number of nitrogens with one attached hydrogen (secondary N) is 1. The van der Waals surface area contributed by atoms with Crippen LogP contribution in [0.25, 0.3) is 0 Å². The average Bonchev–Trinajstić information content (AvgIpc) is 3.33. The van der Waals surface area contributed by atoms with Crippen molar-refractivity contribution in [2.45, 2.75) is 303 Å². The van der Waals surface area contributed by atoms with Gasteiger partial charge in [-0.25, -0.2) is 0 Å². The predicted octanol–water partition coefficient (Wildman–Crippen LogP) is 17.7. The number of hydrogen-bond acceptors (Lipinski definition) is 7. The fourth-order valence-electron chi connectivity index (χ4n) is 8.91. The summed E-state index contributed by atoms with van der Waals surface area (Å²) in [6, 6.07) is -0.886. The fourth-order valence-corrected chi connectivity index (χ4v) is 9.64. The zero-order valence-electron chi connectivity index (χ0n) is 47.7. The lowest BCUT2D eigenvalue weighted by Gasteiger charge is -2.30. The summed E-state index contributed by atoms with van der Waals surface area (Å²) < 4.78 is 30.3. The van der Waals surface area contributed by atoms with E-state index in [1.54, 1.807) is 0 Å². The number of phosphoric ester groups is 1. The highest BCUT2D eigenvalue weighted by Crippen LogP contribution is 2.38. The van der Waals surface area contributed by atoms with E-state index in [0.717, 1.165) is 83.5 Å². The molecule has 0 rings (SSSR count). The third-order valence-corrected chi connectivity index (χ3v) is 14.5. The summed E-state index contributed by atoms with van der Waals surface area (Å²) in [4.78, 5) is 39.9. The van der Waals surface area contributed by atoms with E-state index in [9.17, 15) is 19.0 Å². The number of unbranched alkanes of at least 4 members (excludes halogenated alkanes) is 35. The number of likely N-dealkylation sites (N-methyl/N-ethyl adjacent to an activating group) is 1. The second-order valence-corrected chi connectivity index (χ2v) is 23.2. The van der Waals surface area contributed by atoms with Crippen LogP contribution in [0, 0.1) is 0 Å². The summed E-state index contributed by atoms with van der Waals surface area (Å²) in [5.41, 5.74) is 0. The number of nitrogens with zero attached hydrogens (tertiary/aromatic N) is 1. The molecular formula is C61H117N2O7P. The molecule has 71 heavy (non-hydrogen) atoms. The van der Waals surface area contributed by atoms with Gasteiger partial charge in [-0.15, -0.1) is 0 Å². The predicted molar refractivity (Wildman–Crippen MR) is 303 cm³/mol. The molecule has 0 aliphatic rings. The van der Waals surface area contributed by atoms with E-state index in [1.807, 2.05) is 33.3 Å². The molecule has 0 saturated heterocycles. The second-order valence-electron chi connectivity index (χ2n) is 21.8. The van der Waals surface area contributed by atoms with Crippen LogP contribution >= 0.6 is 7.82 Å². The standard InChI is InChI=1S/C61H117N2O7P/c1-7-10-13-16-19-22-25-28-30-31-32-33-34-35-38-41-44-47-50-53-60(64)62-58(57-69-71(66,67)68-56-55-63(4,5)6)59(52-49-46-43-40-37-27-24-21-18-15-12-9-3)70-61(65)54-51-48-45-42-39-36-29-26-23-20-17-14-11-8-2/h11,14,20,23,49,52,58-59H,7-10,12-13,15-19,21-22,24-48,50-51,53-57H2,1-6H3,(H-,62,64,66,67)/b14-11+,23-20+,52-49+. The van der Waals surface area contributed by atoms with E-state index in [1.165, 1.54) is 173 Å². The summed E-state index contributed by atoms with van der Waals surface area (Å²) in [6.45, 7) is 6.76. The number of phosphoric acid groups is 1. The molecule has 0 aromatic rings. The van der Waals surface area contributed by atoms with Crippen molar-refractivity contribution in [3.63, 3.8) is 0 Å². The first kappa shape index (κ1) is 69.2. The van der Waals surface area contributed by atoms with Gasteiger partial charge in [0.1, 0.15) is 19.3 Å². The lowest BCUT2D eigenvalue weighted by molar-refractivity contribution is -0.870. The Hall–Kier alpha value is -1.77. The summed E-state index contributed by atoms with van der Waals surface area (Å²) >= 11 is 0. The summed E-state index contributed by atoms with van der Waals surface area (Å²) in [5.74, 6) is -0.539. The highest BCUT2D eigenvalue weighted by atomic mass is 31.2. The Bertz CT molecular complexity index is 1310.